The number of aryl methyl sites for hydroxylation is 1. The summed E-state index contributed by atoms with van der Waals surface area (Å²) in [6.07, 6.45) is 2.84. The molecule has 33 heavy (non-hydrogen) atoms. The van der Waals surface area contributed by atoms with Gasteiger partial charge in [0.05, 0.1) is 28.5 Å². The number of ether oxygens (including phenoxy) is 1. The predicted molar refractivity (Wildman–Crippen MR) is 125 cm³/mol. The second-order valence-corrected chi connectivity index (χ2v) is 8.64. The highest BCUT2D eigenvalue weighted by molar-refractivity contribution is 6.30. The first-order valence-electron chi connectivity index (χ1n) is 11.0. The van der Waals surface area contributed by atoms with Crippen LogP contribution in [0.3, 0.4) is 0 Å². The monoisotopic (exact) mass is 472 g/mol. The van der Waals surface area contributed by atoms with E-state index in [1.165, 1.54) is 5.56 Å². The molecule has 0 saturated heterocycles. The van der Waals surface area contributed by atoms with Crippen LogP contribution in [0.25, 0.3) is 12.7 Å². The van der Waals surface area contributed by atoms with Gasteiger partial charge in [0.15, 0.2) is 0 Å². The summed E-state index contributed by atoms with van der Waals surface area (Å²) in [4.78, 5) is 11.7. The van der Waals surface area contributed by atoms with Gasteiger partial charge in [-0.2, -0.15) is 0 Å². The number of hydrogen-bond acceptors (Lipinski definition) is 4. The third kappa shape index (κ3) is 4.80. The fourth-order valence-electron chi connectivity index (χ4n) is 4.23. The summed E-state index contributed by atoms with van der Waals surface area (Å²) in [5.41, 5.74) is 2.74. The van der Waals surface area contributed by atoms with Gasteiger partial charge in [-0.05, 0) is 51.0 Å². The van der Waals surface area contributed by atoms with Crippen LogP contribution in [0.5, 0.6) is 5.88 Å². The molecule has 0 bridgehead atoms. The first-order valence-corrected chi connectivity index (χ1v) is 11.4. The van der Waals surface area contributed by atoms with Crippen molar-refractivity contribution >= 4 is 24.3 Å². The van der Waals surface area contributed by atoms with Crippen LogP contribution in [0, 0.1) is 18.6 Å². The summed E-state index contributed by atoms with van der Waals surface area (Å²) in [7, 11) is 0. The van der Waals surface area contributed by atoms with E-state index in [2.05, 4.69) is 29.0 Å². The quantitative estimate of drug-likeness (QED) is 0.546. The summed E-state index contributed by atoms with van der Waals surface area (Å²) in [5.74, 6) is -0.109. The van der Waals surface area contributed by atoms with E-state index in [1.807, 2.05) is 19.9 Å². The number of benzene rings is 1. The van der Waals surface area contributed by atoms with Crippen molar-refractivity contribution in [1.29, 1.82) is 0 Å². The zero-order valence-corrected chi connectivity index (χ0v) is 19.8. The second-order valence-electron chi connectivity index (χ2n) is 8.21. The SMILES string of the molecule is C=c1/c(=C\C)nc(CN2CCc3cc(C)c(OCc4c(F)cc(Cl)cc4F)nc3C2)n1CC. The molecule has 8 heteroatoms. The molecule has 3 aromatic rings. The third-order valence-electron chi connectivity index (χ3n) is 6.00. The van der Waals surface area contributed by atoms with Gasteiger partial charge in [-0.15, -0.1) is 0 Å². The van der Waals surface area contributed by atoms with Crippen molar-refractivity contribution in [3.63, 3.8) is 0 Å². The Morgan fingerprint density at radius 2 is 1.94 bits per heavy atom. The predicted octanol–water partition coefficient (Wildman–Crippen LogP) is 3.89. The molecule has 2 aromatic heterocycles. The Hall–Kier alpha value is -2.77. The smallest absolute Gasteiger partial charge is 0.216 e. The minimum Gasteiger partial charge on any atom is -0.472 e. The van der Waals surface area contributed by atoms with Gasteiger partial charge in [0, 0.05) is 30.2 Å². The number of rotatable bonds is 6. The molecule has 0 N–H and O–H groups in total. The van der Waals surface area contributed by atoms with Gasteiger partial charge in [0.1, 0.15) is 24.1 Å². The maximum Gasteiger partial charge on any atom is 0.216 e. The van der Waals surface area contributed by atoms with E-state index in [4.69, 9.17) is 26.3 Å². The Kier molecular flexibility index (Phi) is 6.81. The minimum atomic E-state index is -0.735. The molecule has 5 nitrogen and oxygen atoms in total. The van der Waals surface area contributed by atoms with Crippen LogP contribution in [0.4, 0.5) is 8.78 Å². The molecule has 0 atom stereocenters. The van der Waals surface area contributed by atoms with Crippen molar-refractivity contribution in [3.05, 3.63) is 73.8 Å². The highest BCUT2D eigenvalue weighted by Gasteiger charge is 2.22. The van der Waals surface area contributed by atoms with Crippen LogP contribution in [-0.2, 0) is 32.7 Å². The Labute approximate surface area is 197 Å². The lowest BCUT2D eigenvalue weighted by molar-refractivity contribution is 0.227. The zero-order valence-electron chi connectivity index (χ0n) is 19.1. The normalized spacial score (nSPS) is 14.5. The average Bonchev–Trinajstić information content (AvgIpc) is 3.07. The van der Waals surface area contributed by atoms with Crippen molar-refractivity contribution in [3.8, 4) is 5.88 Å². The van der Waals surface area contributed by atoms with Crippen molar-refractivity contribution < 1.29 is 13.5 Å². The highest BCUT2D eigenvalue weighted by Crippen LogP contribution is 2.26. The average molecular weight is 473 g/mol. The summed E-state index contributed by atoms with van der Waals surface area (Å²) in [6, 6.07) is 4.20. The highest BCUT2D eigenvalue weighted by atomic mass is 35.5. The molecule has 4 rings (SSSR count). The summed E-state index contributed by atoms with van der Waals surface area (Å²) in [5, 5.41) is 1.85. The van der Waals surface area contributed by atoms with E-state index < -0.39 is 11.6 Å². The molecule has 1 aliphatic heterocycles. The first-order chi connectivity index (χ1) is 15.8. The van der Waals surface area contributed by atoms with E-state index in [0.29, 0.717) is 19.0 Å². The summed E-state index contributed by atoms with van der Waals surface area (Å²) >= 11 is 5.70. The number of halogens is 3. The standard InChI is InChI=1S/C25H27ClF2N4O/c1-5-22-16(4)32(6-2)24(29-22)13-31-8-7-17-9-15(3)25(30-23(17)12-31)33-14-19-20(27)10-18(26)11-21(19)28/h5,9-11H,4,6-8,12-14H2,1-3H3/b22-5+. The Morgan fingerprint density at radius 1 is 1.21 bits per heavy atom. The van der Waals surface area contributed by atoms with Crippen molar-refractivity contribution in [1.82, 2.24) is 19.4 Å². The maximum absolute atomic E-state index is 14.1. The van der Waals surface area contributed by atoms with E-state index in [1.54, 1.807) is 0 Å². The van der Waals surface area contributed by atoms with Crippen LogP contribution in [0.15, 0.2) is 18.2 Å². The molecule has 0 unspecified atom stereocenters. The molecule has 0 aliphatic carbocycles. The van der Waals surface area contributed by atoms with Gasteiger partial charge in [-0.1, -0.05) is 24.3 Å². The number of fused-ring (bicyclic) bond motifs is 1. The molecule has 1 aromatic carbocycles. The van der Waals surface area contributed by atoms with Gasteiger partial charge in [0.2, 0.25) is 5.88 Å². The number of nitrogens with zero attached hydrogens (tertiary/aromatic N) is 4. The zero-order chi connectivity index (χ0) is 23.7. The van der Waals surface area contributed by atoms with E-state index in [-0.39, 0.29) is 17.2 Å². The summed E-state index contributed by atoms with van der Waals surface area (Å²) < 4.78 is 36.1. The molecular formula is C25H27ClF2N4O. The molecule has 0 fully saturated rings. The molecule has 0 amide bonds. The van der Waals surface area contributed by atoms with Gasteiger partial charge in [-0.25, -0.2) is 18.7 Å². The molecule has 3 heterocycles. The summed E-state index contributed by atoms with van der Waals surface area (Å²) in [6.45, 7) is 12.9. The van der Waals surface area contributed by atoms with Crippen LogP contribution in [0.1, 0.15) is 42.1 Å². The van der Waals surface area contributed by atoms with Crippen LogP contribution in [0.2, 0.25) is 5.02 Å². The van der Waals surface area contributed by atoms with E-state index in [0.717, 1.165) is 59.4 Å². The Bertz CT molecular complexity index is 1280. The largest absolute Gasteiger partial charge is 0.472 e. The lowest BCUT2D eigenvalue weighted by atomic mass is 10.0. The van der Waals surface area contributed by atoms with Gasteiger partial charge in [0.25, 0.3) is 0 Å². The van der Waals surface area contributed by atoms with Gasteiger partial charge < -0.3 is 9.30 Å². The van der Waals surface area contributed by atoms with Crippen LogP contribution < -0.4 is 15.4 Å². The Morgan fingerprint density at radius 3 is 2.61 bits per heavy atom. The molecule has 174 valence electrons. The molecular weight excluding hydrogens is 446 g/mol. The topological polar surface area (TPSA) is 43.2 Å². The van der Waals surface area contributed by atoms with Gasteiger partial charge >= 0.3 is 0 Å². The van der Waals surface area contributed by atoms with Crippen LogP contribution >= 0.6 is 11.6 Å². The Balaban J connectivity index is 1.53. The maximum atomic E-state index is 14.1. The fraction of sp³-hybridized carbons (Fsp3) is 0.360. The van der Waals surface area contributed by atoms with Crippen molar-refractivity contribution in [2.45, 2.75) is 53.4 Å². The number of hydrogen-bond donors (Lipinski definition) is 0. The first kappa shape index (κ1) is 23.4. The second kappa shape index (κ2) is 9.61. The number of imidazole rings is 1. The molecule has 0 radical (unpaired) electrons. The molecule has 0 saturated carbocycles. The molecule has 0 spiro atoms. The van der Waals surface area contributed by atoms with Crippen molar-refractivity contribution in [2.24, 2.45) is 0 Å². The van der Waals surface area contributed by atoms with E-state index in [9.17, 15) is 8.78 Å². The minimum absolute atomic E-state index is 0.00977. The number of aromatic nitrogens is 3. The lowest BCUT2D eigenvalue weighted by Gasteiger charge is -2.28. The third-order valence-corrected chi connectivity index (χ3v) is 6.22. The van der Waals surface area contributed by atoms with Gasteiger partial charge in [-0.3, -0.25) is 4.90 Å². The van der Waals surface area contributed by atoms with E-state index >= 15 is 0 Å². The van der Waals surface area contributed by atoms with Crippen LogP contribution in [-0.4, -0.2) is 26.0 Å². The number of pyridine rings is 1. The van der Waals surface area contributed by atoms with Crippen molar-refractivity contribution in [2.75, 3.05) is 6.54 Å². The lowest BCUT2D eigenvalue weighted by Crippen LogP contribution is -2.33. The molecule has 1 aliphatic rings. The fourth-order valence-corrected chi connectivity index (χ4v) is 4.42.